The average molecular weight is 614 g/mol. The smallest absolute Gasteiger partial charge is 0.163 e. The van der Waals surface area contributed by atoms with E-state index in [1.807, 2.05) is 48.5 Å². The topological polar surface area (TPSA) is 81.5 Å². The summed E-state index contributed by atoms with van der Waals surface area (Å²) < 4.78 is 16.9. The number of nitrogens with one attached hydrogen (secondary N) is 1. The van der Waals surface area contributed by atoms with Crippen molar-refractivity contribution in [2.45, 2.75) is 24.9 Å². The number of rotatable bonds is 3. The number of halogens is 3. The third-order valence-electron chi connectivity index (χ3n) is 8.58. The van der Waals surface area contributed by atoms with Crippen LogP contribution in [-0.4, -0.2) is 45.4 Å². The number of hydrogen-bond acceptors (Lipinski definition) is 6. The number of aromatic nitrogens is 2. The van der Waals surface area contributed by atoms with Crippen molar-refractivity contribution in [1.29, 1.82) is 0 Å². The quantitative estimate of drug-likeness (QED) is 0.189. The molecular formula is C34H27Cl2FN4O2. The van der Waals surface area contributed by atoms with Gasteiger partial charge in [-0.3, -0.25) is 0 Å². The molecule has 8 rings (SSSR count). The third kappa shape index (κ3) is 4.59. The largest absolute Gasteiger partial charge is 0.508 e. The minimum Gasteiger partial charge on any atom is -0.508 e. The van der Waals surface area contributed by atoms with Crippen LogP contribution in [0.1, 0.15) is 12.8 Å². The zero-order chi connectivity index (χ0) is 28.5. The monoisotopic (exact) mass is 612 g/mol. The fraction of sp³-hybridized carbons (Fsp3) is 0.176. The van der Waals surface area contributed by atoms with Gasteiger partial charge in [-0.05, 0) is 70.3 Å². The number of phenolic OH excluding ortho intramolecular Hbond substituents is 2. The number of aromatic hydroxyl groups is 2. The van der Waals surface area contributed by atoms with Crippen LogP contribution in [0.3, 0.4) is 0 Å². The van der Waals surface area contributed by atoms with Crippen LogP contribution < -0.4 is 10.2 Å². The van der Waals surface area contributed by atoms with Crippen LogP contribution in [0.4, 0.5) is 10.2 Å². The molecule has 0 radical (unpaired) electrons. The third-order valence-corrected chi connectivity index (χ3v) is 8.88. The fourth-order valence-corrected chi connectivity index (χ4v) is 7.03. The van der Waals surface area contributed by atoms with Crippen molar-refractivity contribution in [2.24, 2.45) is 0 Å². The van der Waals surface area contributed by atoms with E-state index in [0.717, 1.165) is 47.5 Å². The number of phenols is 2. The van der Waals surface area contributed by atoms with E-state index < -0.39 is 5.82 Å². The molecule has 2 aliphatic rings. The molecule has 6 nitrogen and oxygen atoms in total. The number of fused-ring (bicyclic) bond motifs is 5. The van der Waals surface area contributed by atoms with Crippen LogP contribution in [0.25, 0.3) is 55.0 Å². The maximum Gasteiger partial charge on any atom is 0.163 e. The molecule has 0 spiro atoms. The van der Waals surface area contributed by atoms with Gasteiger partial charge in [-0.2, -0.15) is 0 Å². The first-order chi connectivity index (χ1) is 20.4. The molecule has 1 aromatic heterocycles. The summed E-state index contributed by atoms with van der Waals surface area (Å²) in [6, 6.07) is 24.1. The number of anilines is 1. The van der Waals surface area contributed by atoms with Gasteiger partial charge in [-0.15, -0.1) is 12.4 Å². The molecule has 0 saturated carbocycles. The Morgan fingerprint density at radius 1 is 0.767 bits per heavy atom. The Balaban J connectivity index is 0.00000300. The molecule has 2 aliphatic heterocycles. The summed E-state index contributed by atoms with van der Waals surface area (Å²) in [5.41, 5.74) is 1.42. The van der Waals surface area contributed by atoms with Gasteiger partial charge in [-0.1, -0.05) is 60.1 Å². The van der Waals surface area contributed by atoms with Gasteiger partial charge in [0.05, 0.1) is 5.02 Å². The summed E-state index contributed by atoms with van der Waals surface area (Å²) >= 11 is 6.89. The number of benzene rings is 5. The van der Waals surface area contributed by atoms with Crippen LogP contribution in [0.5, 0.6) is 11.5 Å². The Morgan fingerprint density at radius 2 is 1.35 bits per heavy atom. The van der Waals surface area contributed by atoms with Gasteiger partial charge in [0.25, 0.3) is 0 Å². The first-order valence-corrected chi connectivity index (χ1v) is 14.5. The molecule has 0 amide bonds. The summed E-state index contributed by atoms with van der Waals surface area (Å²) in [6.07, 6.45) is 2.16. The van der Waals surface area contributed by atoms with Crippen molar-refractivity contribution in [2.75, 3.05) is 18.0 Å². The summed E-state index contributed by atoms with van der Waals surface area (Å²) in [6.45, 7) is 1.47. The number of hydrogen-bond donors (Lipinski definition) is 3. The minimum atomic E-state index is -0.583. The number of piperazine rings is 1. The van der Waals surface area contributed by atoms with E-state index in [1.165, 1.54) is 6.07 Å². The van der Waals surface area contributed by atoms with E-state index in [2.05, 4.69) is 10.2 Å². The normalized spacial score (nSPS) is 18.0. The maximum absolute atomic E-state index is 16.9. The molecule has 3 heterocycles. The molecule has 2 saturated heterocycles. The summed E-state index contributed by atoms with van der Waals surface area (Å²) in [5, 5.41) is 28.8. The highest BCUT2D eigenvalue weighted by molar-refractivity contribution is 6.35. The summed E-state index contributed by atoms with van der Waals surface area (Å²) in [5.74, 6) is 0.460. The predicted molar refractivity (Wildman–Crippen MR) is 173 cm³/mol. The highest BCUT2D eigenvalue weighted by atomic mass is 35.5. The Kier molecular flexibility index (Phi) is 6.77. The van der Waals surface area contributed by atoms with Crippen molar-refractivity contribution in [3.8, 4) is 34.0 Å². The summed E-state index contributed by atoms with van der Waals surface area (Å²) in [4.78, 5) is 12.1. The molecule has 9 heteroatoms. The SMILES string of the molecule is Cl.Oc1cc(-c2nc(N3C[C@H]4CC[C@@H](C3)N4)c3cc(Cl)c(-c4cc(O)cc5ccccc45)c(F)c3n2)c2ccccc2c1. The molecule has 2 bridgehead atoms. The van der Waals surface area contributed by atoms with Gasteiger partial charge >= 0.3 is 0 Å². The Bertz CT molecular complexity index is 2060. The first kappa shape index (κ1) is 27.7. The lowest BCUT2D eigenvalue weighted by Gasteiger charge is -2.34. The lowest BCUT2D eigenvalue weighted by Crippen LogP contribution is -2.51. The van der Waals surface area contributed by atoms with Gasteiger partial charge in [0, 0.05) is 41.7 Å². The Hall–Kier alpha value is -4.17. The number of nitrogens with zero attached hydrogens (tertiary/aromatic N) is 3. The van der Waals surface area contributed by atoms with E-state index >= 15 is 4.39 Å². The lowest BCUT2D eigenvalue weighted by atomic mass is 9.96. The second-order valence-corrected chi connectivity index (χ2v) is 11.7. The van der Waals surface area contributed by atoms with E-state index in [-0.39, 0.29) is 40.0 Å². The Morgan fingerprint density at radius 3 is 2.00 bits per heavy atom. The molecule has 0 unspecified atom stereocenters. The minimum absolute atomic E-state index is 0. The molecule has 2 atom stereocenters. The second-order valence-electron chi connectivity index (χ2n) is 11.3. The molecule has 5 aromatic carbocycles. The maximum atomic E-state index is 16.9. The van der Waals surface area contributed by atoms with Crippen LogP contribution in [0, 0.1) is 5.82 Å². The van der Waals surface area contributed by atoms with Crippen molar-refractivity contribution >= 4 is 62.3 Å². The van der Waals surface area contributed by atoms with E-state index in [1.54, 1.807) is 24.3 Å². The van der Waals surface area contributed by atoms with Crippen molar-refractivity contribution in [1.82, 2.24) is 15.3 Å². The molecule has 216 valence electrons. The molecule has 3 N–H and O–H groups in total. The fourth-order valence-electron chi connectivity index (χ4n) is 6.74. The Labute approximate surface area is 258 Å². The van der Waals surface area contributed by atoms with Gasteiger partial charge in [0.15, 0.2) is 11.6 Å². The molecule has 2 fully saturated rings. The van der Waals surface area contributed by atoms with Crippen LogP contribution in [-0.2, 0) is 0 Å². The van der Waals surface area contributed by atoms with E-state index in [0.29, 0.717) is 40.2 Å². The van der Waals surface area contributed by atoms with E-state index in [9.17, 15) is 10.2 Å². The van der Waals surface area contributed by atoms with Gasteiger partial charge in [0.1, 0.15) is 22.8 Å². The molecule has 0 aliphatic carbocycles. The highest BCUT2D eigenvalue weighted by Gasteiger charge is 2.34. The van der Waals surface area contributed by atoms with Crippen molar-refractivity contribution in [3.63, 3.8) is 0 Å². The van der Waals surface area contributed by atoms with Crippen LogP contribution >= 0.6 is 24.0 Å². The zero-order valence-electron chi connectivity index (χ0n) is 22.9. The standard InChI is InChI=1S/C34H26ClFN4O2.ClH/c35-29-15-28-32(31(36)30(29)26-13-22(41)11-18-5-1-3-7-24(18)26)38-33(27-14-23(42)12-19-6-2-4-8-25(19)27)39-34(28)40-16-20-9-10-21(17-40)37-20;/h1-8,11-15,20-21,37,41-42H,9-10,16-17H2;1H/t20-,21+;. The highest BCUT2D eigenvalue weighted by Crippen LogP contribution is 2.43. The predicted octanol–water partition coefficient (Wildman–Crippen LogP) is 7.84. The van der Waals surface area contributed by atoms with Crippen molar-refractivity contribution in [3.05, 3.63) is 89.7 Å². The van der Waals surface area contributed by atoms with Crippen LogP contribution in [0.15, 0.2) is 78.9 Å². The van der Waals surface area contributed by atoms with Gasteiger partial charge < -0.3 is 20.4 Å². The van der Waals surface area contributed by atoms with Gasteiger partial charge in [-0.25, -0.2) is 14.4 Å². The van der Waals surface area contributed by atoms with Gasteiger partial charge in [0.2, 0.25) is 0 Å². The van der Waals surface area contributed by atoms with Crippen LogP contribution in [0.2, 0.25) is 5.02 Å². The summed E-state index contributed by atoms with van der Waals surface area (Å²) in [7, 11) is 0. The second kappa shape index (κ2) is 10.5. The van der Waals surface area contributed by atoms with E-state index in [4.69, 9.17) is 21.6 Å². The lowest BCUT2D eigenvalue weighted by molar-refractivity contribution is 0.464. The molecule has 43 heavy (non-hydrogen) atoms. The average Bonchev–Trinajstić information content (AvgIpc) is 3.33. The molecule has 6 aromatic rings. The zero-order valence-corrected chi connectivity index (χ0v) is 24.5. The first-order valence-electron chi connectivity index (χ1n) is 14.1. The molecular weight excluding hydrogens is 586 g/mol. The van der Waals surface area contributed by atoms with Crippen molar-refractivity contribution < 1.29 is 14.6 Å².